The fraction of sp³-hybridized carbons (Fsp3) is 0.333. The van der Waals surface area contributed by atoms with Crippen LogP contribution in [0.1, 0.15) is 42.9 Å². The lowest BCUT2D eigenvalue weighted by Gasteiger charge is -2.31. The fourth-order valence-corrected chi connectivity index (χ4v) is 3.41. The molecule has 4 heteroatoms. The van der Waals surface area contributed by atoms with Gasteiger partial charge in [0, 0.05) is 18.0 Å². The van der Waals surface area contributed by atoms with Gasteiger partial charge in [0.1, 0.15) is 11.5 Å². The van der Waals surface area contributed by atoms with Gasteiger partial charge < -0.3 is 10.1 Å². The number of hydrogen-bond donors (Lipinski definition) is 1. The maximum absolute atomic E-state index is 12.5. The fourth-order valence-electron chi connectivity index (χ4n) is 3.41. The third kappa shape index (κ3) is 4.00. The minimum absolute atomic E-state index is 0.0382. The Bertz CT molecular complexity index is 760. The summed E-state index contributed by atoms with van der Waals surface area (Å²) in [5, 5.41) is 12.5. The summed E-state index contributed by atoms with van der Waals surface area (Å²) in [5.41, 5.74) is 2.62. The van der Waals surface area contributed by atoms with E-state index in [2.05, 4.69) is 11.4 Å². The number of methoxy groups -OCH3 is 1. The van der Waals surface area contributed by atoms with Crippen LogP contribution < -0.4 is 10.1 Å². The van der Waals surface area contributed by atoms with E-state index in [4.69, 9.17) is 10.00 Å². The van der Waals surface area contributed by atoms with E-state index in [-0.39, 0.29) is 12.0 Å². The molecule has 25 heavy (non-hydrogen) atoms. The van der Waals surface area contributed by atoms with Crippen LogP contribution in [0.15, 0.2) is 48.5 Å². The van der Waals surface area contributed by atoms with Crippen LogP contribution in [-0.4, -0.2) is 12.9 Å². The van der Waals surface area contributed by atoms with Gasteiger partial charge in [0.2, 0.25) is 0 Å². The van der Waals surface area contributed by atoms with Gasteiger partial charge in [-0.1, -0.05) is 18.6 Å². The lowest BCUT2D eigenvalue weighted by molar-refractivity contribution is -0.125. The molecule has 0 spiro atoms. The normalized spacial score (nSPS) is 18.2. The standard InChI is InChI=1S/C21H22N2O2/c1-25-18-12-10-17(11-13-18)23-21(19-4-2-3-5-20(19)24)16-8-6-15(14-22)7-9-16/h6-13,19,21,23H,2-5H2,1H3/t19-,21-/m1/s1. The Kier molecular flexibility index (Phi) is 5.35. The Balaban J connectivity index is 1.89. The van der Waals surface area contributed by atoms with Crippen molar-refractivity contribution in [1.82, 2.24) is 0 Å². The van der Waals surface area contributed by atoms with Crippen LogP contribution in [0.2, 0.25) is 0 Å². The van der Waals surface area contributed by atoms with E-state index in [9.17, 15) is 4.79 Å². The lowest BCUT2D eigenvalue weighted by Crippen LogP contribution is -2.30. The van der Waals surface area contributed by atoms with Crippen molar-refractivity contribution in [3.05, 3.63) is 59.7 Å². The quantitative estimate of drug-likeness (QED) is 0.876. The van der Waals surface area contributed by atoms with Crippen molar-refractivity contribution in [1.29, 1.82) is 5.26 Å². The van der Waals surface area contributed by atoms with Crippen molar-refractivity contribution in [3.63, 3.8) is 0 Å². The van der Waals surface area contributed by atoms with Crippen molar-refractivity contribution in [2.45, 2.75) is 31.7 Å². The zero-order valence-electron chi connectivity index (χ0n) is 14.4. The summed E-state index contributed by atoms with van der Waals surface area (Å²) >= 11 is 0. The van der Waals surface area contributed by atoms with Crippen molar-refractivity contribution >= 4 is 11.5 Å². The molecule has 2 aromatic rings. The first-order valence-corrected chi connectivity index (χ1v) is 8.64. The SMILES string of the molecule is COc1ccc(N[C@H](c2ccc(C#N)cc2)[C@@H]2CCCCC2=O)cc1. The van der Waals surface area contributed by atoms with Crippen LogP contribution in [0.4, 0.5) is 5.69 Å². The molecule has 2 aromatic carbocycles. The minimum Gasteiger partial charge on any atom is -0.497 e. The van der Waals surface area contributed by atoms with Crippen molar-refractivity contribution in [2.75, 3.05) is 12.4 Å². The number of ketones is 1. The molecule has 1 aliphatic carbocycles. The number of carbonyl (C=O) groups is 1. The summed E-state index contributed by atoms with van der Waals surface area (Å²) in [5.74, 6) is 1.08. The van der Waals surface area contributed by atoms with Crippen LogP contribution in [0.5, 0.6) is 5.75 Å². The largest absolute Gasteiger partial charge is 0.497 e. The second kappa shape index (κ2) is 7.85. The van der Waals surface area contributed by atoms with E-state index in [1.807, 2.05) is 48.5 Å². The molecule has 0 bridgehead atoms. The van der Waals surface area contributed by atoms with Crippen LogP contribution >= 0.6 is 0 Å². The number of nitrogens with one attached hydrogen (secondary N) is 1. The highest BCUT2D eigenvalue weighted by atomic mass is 16.5. The van der Waals surface area contributed by atoms with Crippen molar-refractivity contribution < 1.29 is 9.53 Å². The van der Waals surface area contributed by atoms with Gasteiger partial charge in [0.15, 0.2) is 0 Å². The van der Waals surface area contributed by atoms with Crippen LogP contribution in [0.3, 0.4) is 0 Å². The molecule has 2 atom stereocenters. The van der Waals surface area contributed by atoms with Crippen molar-refractivity contribution in [2.24, 2.45) is 5.92 Å². The topological polar surface area (TPSA) is 62.1 Å². The van der Waals surface area contributed by atoms with Crippen molar-refractivity contribution in [3.8, 4) is 11.8 Å². The number of Topliss-reactive ketones (excluding diaryl/α,β-unsaturated/α-hetero) is 1. The van der Waals surface area contributed by atoms with E-state index in [0.29, 0.717) is 17.8 Å². The molecule has 1 fully saturated rings. The molecular weight excluding hydrogens is 312 g/mol. The molecule has 1 N–H and O–H groups in total. The summed E-state index contributed by atoms with van der Waals surface area (Å²) < 4.78 is 5.21. The number of rotatable bonds is 5. The maximum Gasteiger partial charge on any atom is 0.138 e. The van der Waals surface area contributed by atoms with Crippen LogP contribution in [0, 0.1) is 17.2 Å². The van der Waals surface area contributed by atoms with Gasteiger partial charge in [0.25, 0.3) is 0 Å². The first-order chi connectivity index (χ1) is 12.2. The van der Waals surface area contributed by atoms with E-state index in [1.54, 1.807) is 7.11 Å². The maximum atomic E-state index is 12.5. The lowest BCUT2D eigenvalue weighted by atomic mass is 9.80. The summed E-state index contributed by atoms with van der Waals surface area (Å²) in [7, 11) is 1.64. The molecule has 0 heterocycles. The van der Waals surface area contributed by atoms with E-state index in [1.165, 1.54) is 0 Å². The molecule has 0 radical (unpaired) electrons. The predicted molar refractivity (Wildman–Crippen MR) is 97.5 cm³/mol. The van der Waals surface area contributed by atoms with Gasteiger partial charge in [0.05, 0.1) is 24.8 Å². The van der Waals surface area contributed by atoms with Crippen LogP contribution in [-0.2, 0) is 4.79 Å². The van der Waals surface area contributed by atoms with Gasteiger partial charge in [-0.3, -0.25) is 4.79 Å². The molecular formula is C21H22N2O2. The van der Waals surface area contributed by atoms with Gasteiger partial charge >= 0.3 is 0 Å². The van der Waals surface area contributed by atoms with Gasteiger partial charge in [-0.15, -0.1) is 0 Å². The summed E-state index contributed by atoms with van der Waals surface area (Å²) in [6.07, 6.45) is 3.61. The number of nitrogens with zero attached hydrogens (tertiary/aromatic N) is 1. The molecule has 4 nitrogen and oxygen atoms in total. The summed E-state index contributed by atoms with van der Waals surface area (Å²) in [4.78, 5) is 12.5. The average Bonchev–Trinajstić information content (AvgIpc) is 2.67. The Labute approximate surface area is 148 Å². The average molecular weight is 334 g/mol. The summed E-state index contributed by atoms with van der Waals surface area (Å²) in [6.45, 7) is 0. The Morgan fingerprint density at radius 3 is 2.44 bits per heavy atom. The molecule has 0 aliphatic heterocycles. The van der Waals surface area contributed by atoms with E-state index >= 15 is 0 Å². The highest BCUT2D eigenvalue weighted by Crippen LogP contribution is 2.35. The number of nitriles is 1. The Hall–Kier alpha value is -2.80. The van der Waals surface area contributed by atoms with Gasteiger partial charge in [-0.25, -0.2) is 0 Å². The van der Waals surface area contributed by atoms with E-state index in [0.717, 1.165) is 36.3 Å². The molecule has 1 saturated carbocycles. The predicted octanol–water partition coefficient (Wildman–Crippen LogP) is 4.48. The third-order valence-electron chi connectivity index (χ3n) is 4.82. The molecule has 128 valence electrons. The molecule has 0 amide bonds. The summed E-state index contributed by atoms with van der Waals surface area (Å²) in [6, 6.07) is 17.3. The number of carbonyl (C=O) groups excluding carboxylic acids is 1. The Morgan fingerprint density at radius 1 is 1.12 bits per heavy atom. The molecule has 0 saturated heterocycles. The number of ether oxygens (including phenoxy) is 1. The highest BCUT2D eigenvalue weighted by Gasteiger charge is 2.31. The first-order valence-electron chi connectivity index (χ1n) is 8.64. The number of anilines is 1. The number of benzene rings is 2. The molecule has 3 rings (SSSR count). The van der Waals surface area contributed by atoms with Gasteiger partial charge in [-0.05, 0) is 54.8 Å². The third-order valence-corrected chi connectivity index (χ3v) is 4.82. The van der Waals surface area contributed by atoms with E-state index < -0.39 is 0 Å². The minimum atomic E-state index is -0.0889. The zero-order chi connectivity index (χ0) is 17.6. The smallest absolute Gasteiger partial charge is 0.138 e. The highest BCUT2D eigenvalue weighted by molar-refractivity contribution is 5.83. The first kappa shape index (κ1) is 17.0. The zero-order valence-corrected chi connectivity index (χ0v) is 14.4. The monoisotopic (exact) mass is 334 g/mol. The second-order valence-electron chi connectivity index (χ2n) is 6.40. The molecule has 0 aromatic heterocycles. The molecule has 0 unspecified atom stereocenters. The number of hydrogen-bond acceptors (Lipinski definition) is 4. The molecule has 1 aliphatic rings. The van der Waals surface area contributed by atoms with Crippen LogP contribution in [0.25, 0.3) is 0 Å². The Morgan fingerprint density at radius 2 is 1.84 bits per heavy atom. The van der Waals surface area contributed by atoms with Gasteiger partial charge in [-0.2, -0.15) is 5.26 Å². The second-order valence-corrected chi connectivity index (χ2v) is 6.40.